The van der Waals surface area contributed by atoms with E-state index in [0.717, 1.165) is 51.7 Å². The van der Waals surface area contributed by atoms with E-state index in [9.17, 15) is 4.79 Å². The molecular formula is C22H34N2O3. The third-order valence-electron chi connectivity index (χ3n) is 5.96. The van der Waals surface area contributed by atoms with Crippen LogP contribution >= 0.6 is 0 Å². The zero-order valence-corrected chi connectivity index (χ0v) is 17.0. The van der Waals surface area contributed by atoms with Gasteiger partial charge in [0, 0.05) is 26.2 Å². The number of rotatable bonds is 2. The Morgan fingerprint density at radius 3 is 2.67 bits per heavy atom. The van der Waals surface area contributed by atoms with Crippen LogP contribution in [0.3, 0.4) is 0 Å². The summed E-state index contributed by atoms with van der Waals surface area (Å²) in [6.45, 7) is 7.83. The first-order chi connectivity index (χ1) is 13.1. The average Bonchev–Trinajstić information content (AvgIpc) is 2.69. The Bertz CT molecular complexity index is 619. The van der Waals surface area contributed by atoms with E-state index < -0.39 is 0 Å². The Hall–Kier alpha value is -1.59. The van der Waals surface area contributed by atoms with Gasteiger partial charge in [0.25, 0.3) is 5.91 Å². The van der Waals surface area contributed by atoms with Gasteiger partial charge in [-0.3, -0.25) is 9.69 Å². The molecule has 2 heterocycles. The molecule has 5 heteroatoms. The minimum Gasteiger partial charge on any atom is -0.491 e. The van der Waals surface area contributed by atoms with Gasteiger partial charge in [0.05, 0.1) is 17.7 Å². The van der Waals surface area contributed by atoms with E-state index in [1.807, 2.05) is 29.2 Å². The summed E-state index contributed by atoms with van der Waals surface area (Å²) in [6, 6.07) is 8.32. The van der Waals surface area contributed by atoms with E-state index >= 15 is 0 Å². The standard InChI is InChI=1S/C22H34N2O3/c1-17(2)23-13-7-6-10-19-21(26-3)12-8-14-24(19)22(25)18-9-4-5-11-20(18)27-16-15-23/h4-5,9,11,17,19,21H,6-8,10,12-16H2,1-3H3/t19-,21-/m0/s1. The van der Waals surface area contributed by atoms with E-state index in [2.05, 4.69) is 18.7 Å². The highest BCUT2D eigenvalue weighted by atomic mass is 16.5. The topological polar surface area (TPSA) is 42.0 Å². The van der Waals surface area contributed by atoms with Gasteiger partial charge in [-0.1, -0.05) is 18.6 Å². The number of hydrogen-bond acceptors (Lipinski definition) is 4. The molecule has 1 fully saturated rings. The van der Waals surface area contributed by atoms with Crippen LogP contribution in [0.2, 0.25) is 0 Å². The molecule has 1 aromatic rings. The minimum atomic E-state index is 0.0808. The molecule has 2 aliphatic heterocycles. The monoisotopic (exact) mass is 374 g/mol. The van der Waals surface area contributed by atoms with E-state index in [1.165, 1.54) is 0 Å². The van der Waals surface area contributed by atoms with Crippen molar-refractivity contribution in [3.63, 3.8) is 0 Å². The third kappa shape index (κ3) is 4.82. The molecule has 150 valence electrons. The van der Waals surface area contributed by atoms with Crippen LogP contribution in [0.5, 0.6) is 5.75 Å². The molecule has 0 bridgehead atoms. The highest BCUT2D eigenvalue weighted by Gasteiger charge is 2.35. The molecule has 3 rings (SSSR count). The molecule has 1 aromatic carbocycles. The molecule has 2 atom stereocenters. The maximum atomic E-state index is 13.4. The van der Waals surface area contributed by atoms with Crippen molar-refractivity contribution in [2.75, 3.05) is 33.4 Å². The average molecular weight is 375 g/mol. The fourth-order valence-corrected chi connectivity index (χ4v) is 4.38. The second-order valence-corrected chi connectivity index (χ2v) is 7.95. The first-order valence-corrected chi connectivity index (χ1v) is 10.4. The van der Waals surface area contributed by atoms with Gasteiger partial charge in [-0.05, 0) is 58.2 Å². The Morgan fingerprint density at radius 2 is 1.89 bits per heavy atom. The summed E-state index contributed by atoms with van der Waals surface area (Å²) in [6.07, 6.45) is 5.40. The number of benzene rings is 1. The number of amides is 1. The summed E-state index contributed by atoms with van der Waals surface area (Å²) in [7, 11) is 1.78. The van der Waals surface area contributed by atoms with Crippen molar-refractivity contribution >= 4 is 5.91 Å². The largest absolute Gasteiger partial charge is 0.491 e. The van der Waals surface area contributed by atoms with Gasteiger partial charge in [-0.2, -0.15) is 0 Å². The van der Waals surface area contributed by atoms with Gasteiger partial charge in [0.2, 0.25) is 0 Å². The van der Waals surface area contributed by atoms with E-state index in [4.69, 9.17) is 9.47 Å². The lowest BCUT2D eigenvalue weighted by Gasteiger charge is -2.41. The third-order valence-corrected chi connectivity index (χ3v) is 5.96. The number of hydrogen-bond donors (Lipinski definition) is 0. The summed E-state index contributed by atoms with van der Waals surface area (Å²) >= 11 is 0. The molecule has 0 aromatic heterocycles. The maximum absolute atomic E-state index is 13.4. The van der Waals surface area contributed by atoms with Crippen LogP contribution in [0.25, 0.3) is 0 Å². The van der Waals surface area contributed by atoms with Crippen molar-refractivity contribution in [1.29, 1.82) is 0 Å². The first kappa shape index (κ1) is 20.2. The zero-order valence-electron chi connectivity index (χ0n) is 17.0. The van der Waals surface area contributed by atoms with Gasteiger partial charge < -0.3 is 14.4 Å². The number of piperidine rings is 1. The number of fused-ring (bicyclic) bond motifs is 2. The number of methoxy groups -OCH3 is 1. The van der Waals surface area contributed by atoms with E-state index in [0.29, 0.717) is 24.0 Å². The summed E-state index contributed by atoms with van der Waals surface area (Å²) in [5.74, 6) is 0.779. The van der Waals surface area contributed by atoms with Crippen molar-refractivity contribution in [2.24, 2.45) is 0 Å². The fraction of sp³-hybridized carbons (Fsp3) is 0.682. The molecule has 5 nitrogen and oxygen atoms in total. The van der Waals surface area contributed by atoms with Crippen molar-refractivity contribution in [3.05, 3.63) is 29.8 Å². The SMILES string of the molecule is CO[C@H]1CCCN2C(=O)c3ccccc3OCCN(C(C)C)CCCC[C@@H]12. The molecular weight excluding hydrogens is 340 g/mol. The van der Waals surface area contributed by atoms with Gasteiger partial charge in [-0.15, -0.1) is 0 Å². The first-order valence-electron chi connectivity index (χ1n) is 10.4. The van der Waals surface area contributed by atoms with Crippen molar-refractivity contribution in [3.8, 4) is 5.75 Å². The smallest absolute Gasteiger partial charge is 0.257 e. The minimum absolute atomic E-state index is 0.0808. The lowest BCUT2D eigenvalue weighted by Crippen LogP contribution is -2.51. The van der Waals surface area contributed by atoms with E-state index in [-0.39, 0.29) is 18.1 Å². The quantitative estimate of drug-likeness (QED) is 0.793. The summed E-state index contributed by atoms with van der Waals surface area (Å²) in [4.78, 5) is 17.9. The van der Waals surface area contributed by atoms with Gasteiger partial charge >= 0.3 is 0 Å². The number of ether oxygens (including phenoxy) is 2. The Labute approximate surface area is 163 Å². The van der Waals surface area contributed by atoms with Crippen LogP contribution in [0, 0.1) is 0 Å². The maximum Gasteiger partial charge on any atom is 0.257 e. The Morgan fingerprint density at radius 1 is 1.07 bits per heavy atom. The lowest BCUT2D eigenvalue weighted by atomic mass is 9.93. The molecule has 1 amide bonds. The van der Waals surface area contributed by atoms with E-state index in [1.54, 1.807) is 7.11 Å². The van der Waals surface area contributed by atoms with Crippen molar-refractivity contribution in [2.45, 2.75) is 64.1 Å². The normalized spacial score (nSPS) is 25.6. The zero-order chi connectivity index (χ0) is 19.2. The molecule has 2 aliphatic rings. The molecule has 0 spiro atoms. The molecule has 0 radical (unpaired) electrons. The predicted octanol–water partition coefficient (Wildman–Crippen LogP) is 3.58. The van der Waals surface area contributed by atoms with Crippen LogP contribution in [-0.4, -0.2) is 67.2 Å². The Balaban J connectivity index is 1.88. The van der Waals surface area contributed by atoms with Crippen molar-refractivity contribution < 1.29 is 14.3 Å². The number of para-hydroxylation sites is 1. The summed E-state index contributed by atoms with van der Waals surface area (Å²) < 4.78 is 11.8. The van der Waals surface area contributed by atoms with Crippen LogP contribution in [0.15, 0.2) is 24.3 Å². The second kappa shape index (κ2) is 9.56. The number of carbonyl (C=O) groups excluding carboxylic acids is 1. The summed E-state index contributed by atoms with van der Waals surface area (Å²) in [5, 5.41) is 0. The highest BCUT2D eigenvalue weighted by molar-refractivity contribution is 5.97. The van der Waals surface area contributed by atoms with Crippen molar-refractivity contribution in [1.82, 2.24) is 9.80 Å². The Kier molecular flexibility index (Phi) is 7.13. The number of carbonyl (C=O) groups is 1. The number of nitrogens with zero attached hydrogens (tertiary/aromatic N) is 2. The van der Waals surface area contributed by atoms with Crippen LogP contribution < -0.4 is 4.74 Å². The lowest BCUT2D eigenvalue weighted by molar-refractivity contribution is -0.0156. The second-order valence-electron chi connectivity index (χ2n) is 7.95. The molecule has 0 N–H and O–H groups in total. The van der Waals surface area contributed by atoms with Crippen LogP contribution in [-0.2, 0) is 4.74 Å². The van der Waals surface area contributed by atoms with Crippen LogP contribution in [0.4, 0.5) is 0 Å². The van der Waals surface area contributed by atoms with Gasteiger partial charge in [0.1, 0.15) is 12.4 Å². The molecule has 0 aliphatic carbocycles. The molecule has 0 unspecified atom stereocenters. The molecule has 27 heavy (non-hydrogen) atoms. The fourth-order valence-electron chi connectivity index (χ4n) is 4.38. The van der Waals surface area contributed by atoms with Gasteiger partial charge in [-0.25, -0.2) is 0 Å². The molecule has 0 saturated carbocycles. The summed E-state index contributed by atoms with van der Waals surface area (Å²) in [5.41, 5.74) is 0.676. The van der Waals surface area contributed by atoms with Gasteiger partial charge in [0.15, 0.2) is 0 Å². The van der Waals surface area contributed by atoms with Crippen LogP contribution in [0.1, 0.15) is 56.3 Å². The predicted molar refractivity (Wildman–Crippen MR) is 107 cm³/mol. The highest BCUT2D eigenvalue weighted by Crippen LogP contribution is 2.29. The molecule has 1 saturated heterocycles.